The van der Waals surface area contributed by atoms with Gasteiger partial charge in [0.25, 0.3) is 5.91 Å². The number of carbonyl (C=O) groups is 3. The minimum Gasteiger partial charge on any atom is -0.462 e. The van der Waals surface area contributed by atoms with E-state index >= 15 is 0 Å². The Morgan fingerprint density at radius 1 is 0.923 bits per heavy atom. The van der Waals surface area contributed by atoms with E-state index in [2.05, 4.69) is 5.32 Å². The van der Waals surface area contributed by atoms with E-state index < -0.39 is 24.5 Å². The van der Waals surface area contributed by atoms with Crippen LogP contribution in [0, 0.1) is 13.8 Å². The fraction of sp³-hybridized carbons (Fsp3) is 0.250. The summed E-state index contributed by atoms with van der Waals surface area (Å²) in [6.07, 6.45) is 0. The molecule has 0 spiro atoms. The highest BCUT2D eigenvalue weighted by atomic mass is 16.5. The molecule has 0 aliphatic carbocycles. The second-order valence-corrected chi connectivity index (χ2v) is 5.69. The Labute approximate surface area is 152 Å². The normalized spacial score (nSPS) is 10.1. The van der Waals surface area contributed by atoms with E-state index in [1.807, 2.05) is 19.9 Å². The van der Waals surface area contributed by atoms with Gasteiger partial charge in [0.15, 0.2) is 6.61 Å². The molecule has 1 N–H and O–H groups in total. The molecule has 0 unspecified atom stereocenters. The molecule has 2 aromatic carbocycles. The van der Waals surface area contributed by atoms with Crippen LogP contribution in [-0.2, 0) is 14.3 Å². The summed E-state index contributed by atoms with van der Waals surface area (Å²) in [5.41, 5.74) is 2.95. The minimum atomic E-state index is -0.582. The number of esters is 2. The zero-order valence-electron chi connectivity index (χ0n) is 15.0. The van der Waals surface area contributed by atoms with E-state index in [1.54, 1.807) is 43.3 Å². The minimum absolute atomic E-state index is 0.231. The number of ether oxygens (including phenoxy) is 2. The molecule has 6 heteroatoms. The van der Waals surface area contributed by atoms with E-state index in [-0.39, 0.29) is 12.2 Å². The van der Waals surface area contributed by atoms with E-state index in [0.717, 1.165) is 11.1 Å². The molecule has 0 fully saturated rings. The van der Waals surface area contributed by atoms with Crippen molar-refractivity contribution in [3.63, 3.8) is 0 Å². The second-order valence-electron chi connectivity index (χ2n) is 5.69. The largest absolute Gasteiger partial charge is 0.462 e. The maximum atomic E-state index is 12.1. The lowest BCUT2D eigenvalue weighted by Gasteiger charge is -2.11. The molecule has 0 bridgehead atoms. The molecule has 0 saturated carbocycles. The summed E-state index contributed by atoms with van der Waals surface area (Å²) < 4.78 is 9.99. The van der Waals surface area contributed by atoms with Crippen molar-refractivity contribution in [1.82, 2.24) is 0 Å². The Morgan fingerprint density at radius 3 is 2.35 bits per heavy atom. The molecule has 0 radical (unpaired) electrons. The van der Waals surface area contributed by atoms with Gasteiger partial charge in [0, 0.05) is 0 Å². The average Bonchev–Trinajstić information content (AvgIpc) is 2.62. The molecule has 0 aliphatic rings. The fourth-order valence-corrected chi connectivity index (χ4v) is 2.25. The first-order valence-corrected chi connectivity index (χ1v) is 8.22. The molecule has 136 valence electrons. The molecule has 0 aliphatic heterocycles. The Hall–Kier alpha value is -3.15. The predicted molar refractivity (Wildman–Crippen MR) is 97.2 cm³/mol. The summed E-state index contributed by atoms with van der Waals surface area (Å²) in [4.78, 5) is 36.0. The van der Waals surface area contributed by atoms with E-state index in [1.165, 1.54) is 0 Å². The van der Waals surface area contributed by atoms with Crippen LogP contribution < -0.4 is 5.32 Å². The third-order valence-corrected chi connectivity index (χ3v) is 3.77. The van der Waals surface area contributed by atoms with Crippen molar-refractivity contribution in [2.24, 2.45) is 0 Å². The quantitative estimate of drug-likeness (QED) is 0.804. The van der Waals surface area contributed by atoms with Gasteiger partial charge in [-0.05, 0) is 56.2 Å². The van der Waals surface area contributed by atoms with Crippen LogP contribution in [0.25, 0.3) is 0 Å². The monoisotopic (exact) mass is 355 g/mol. The van der Waals surface area contributed by atoms with Gasteiger partial charge in [-0.1, -0.05) is 18.2 Å². The second kappa shape index (κ2) is 8.80. The van der Waals surface area contributed by atoms with Gasteiger partial charge in [0.2, 0.25) is 0 Å². The molecule has 0 aromatic heterocycles. The van der Waals surface area contributed by atoms with Crippen molar-refractivity contribution in [2.45, 2.75) is 20.8 Å². The first-order chi connectivity index (χ1) is 12.4. The van der Waals surface area contributed by atoms with Crippen LogP contribution in [0.1, 0.15) is 38.8 Å². The highest BCUT2D eigenvalue weighted by Gasteiger charge is 2.15. The average molecular weight is 355 g/mol. The molecule has 0 heterocycles. The first-order valence-electron chi connectivity index (χ1n) is 8.22. The summed E-state index contributed by atoms with van der Waals surface area (Å²) in [5, 5.41) is 2.56. The van der Waals surface area contributed by atoms with Crippen LogP contribution in [-0.4, -0.2) is 31.1 Å². The number of benzene rings is 2. The van der Waals surface area contributed by atoms with Crippen LogP contribution in [0.4, 0.5) is 5.69 Å². The smallest absolute Gasteiger partial charge is 0.340 e. The number of hydrogen-bond acceptors (Lipinski definition) is 5. The van der Waals surface area contributed by atoms with Crippen molar-refractivity contribution in [1.29, 1.82) is 0 Å². The molecule has 2 rings (SSSR count). The molecule has 2 aromatic rings. The Balaban J connectivity index is 1.98. The van der Waals surface area contributed by atoms with Gasteiger partial charge in [0.05, 0.1) is 23.4 Å². The third kappa shape index (κ3) is 4.92. The van der Waals surface area contributed by atoms with Gasteiger partial charge in [0.1, 0.15) is 0 Å². The molecule has 26 heavy (non-hydrogen) atoms. The highest BCUT2D eigenvalue weighted by Crippen LogP contribution is 2.16. The number of nitrogens with one attached hydrogen (secondary N) is 1. The summed E-state index contributed by atoms with van der Waals surface area (Å²) in [6.45, 7) is 5.31. The van der Waals surface area contributed by atoms with Crippen molar-refractivity contribution >= 4 is 23.5 Å². The summed E-state index contributed by atoms with van der Waals surface area (Å²) in [6, 6.07) is 11.7. The van der Waals surface area contributed by atoms with Crippen LogP contribution in [0.15, 0.2) is 42.5 Å². The number of amides is 1. The topological polar surface area (TPSA) is 81.7 Å². The molecule has 1 amide bonds. The van der Waals surface area contributed by atoms with E-state index in [9.17, 15) is 14.4 Å². The van der Waals surface area contributed by atoms with Gasteiger partial charge >= 0.3 is 11.9 Å². The van der Waals surface area contributed by atoms with E-state index in [0.29, 0.717) is 11.3 Å². The van der Waals surface area contributed by atoms with Gasteiger partial charge < -0.3 is 14.8 Å². The van der Waals surface area contributed by atoms with Crippen LogP contribution >= 0.6 is 0 Å². The summed E-state index contributed by atoms with van der Waals surface area (Å²) >= 11 is 0. The number of aryl methyl sites for hydroxylation is 2. The van der Waals surface area contributed by atoms with E-state index in [4.69, 9.17) is 9.47 Å². The van der Waals surface area contributed by atoms with Crippen molar-refractivity contribution in [3.8, 4) is 0 Å². The molecular weight excluding hydrogens is 334 g/mol. The molecular formula is C20H21NO5. The summed E-state index contributed by atoms with van der Waals surface area (Å²) in [7, 11) is 0. The first kappa shape index (κ1) is 19.2. The molecule has 0 atom stereocenters. The standard InChI is InChI=1S/C20H21NO5/c1-4-25-20(24)16-7-5-6-8-17(16)21-18(22)12-26-19(23)15-10-9-13(2)14(3)11-15/h5-11H,4,12H2,1-3H3,(H,21,22). The van der Waals surface area contributed by atoms with Crippen molar-refractivity contribution in [2.75, 3.05) is 18.5 Å². The Morgan fingerprint density at radius 2 is 1.65 bits per heavy atom. The van der Waals surface area contributed by atoms with Crippen LogP contribution in [0.2, 0.25) is 0 Å². The number of para-hydroxylation sites is 1. The van der Waals surface area contributed by atoms with Gasteiger partial charge in [-0.15, -0.1) is 0 Å². The lowest BCUT2D eigenvalue weighted by atomic mass is 10.1. The van der Waals surface area contributed by atoms with Gasteiger partial charge in [-0.2, -0.15) is 0 Å². The zero-order valence-corrected chi connectivity index (χ0v) is 15.0. The lowest BCUT2D eigenvalue weighted by Crippen LogP contribution is -2.22. The SMILES string of the molecule is CCOC(=O)c1ccccc1NC(=O)COC(=O)c1ccc(C)c(C)c1. The fourth-order valence-electron chi connectivity index (χ4n) is 2.25. The number of anilines is 1. The Bertz CT molecular complexity index is 829. The predicted octanol–water partition coefficient (Wildman–Crippen LogP) is 3.28. The van der Waals surface area contributed by atoms with Crippen LogP contribution in [0.3, 0.4) is 0 Å². The highest BCUT2D eigenvalue weighted by molar-refractivity contribution is 6.02. The van der Waals surface area contributed by atoms with Gasteiger partial charge in [-0.3, -0.25) is 4.79 Å². The van der Waals surface area contributed by atoms with Gasteiger partial charge in [-0.25, -0.2) is 9.59 Å². The number of carbonyl (C=O) groups excluding carboxylic acids is 3. The Kier molecular flexibility index (Phi) is 6.49. The summed E-state index contributed by atoms with van der Waals surface area (Å²) in [5.74, 6) is -1.66. The van der Waals surface area contributed by atoms with Crippen molar-refractivity contribution in [3.05, 3.63) is 64.7 Å². The number of rotatable bonds is 6. The zero-order chi connectivity index (χ0) is 19.1. The maximum absolute atomic E-state index is 12.1. The molecule has 0 saturated heterocycles. The van der Waals surface area contributed by atoms with Crippen LogP contribution in [0.5, 0.6) is 0 Å². The maximum Gasteiger partial charge on any atom is 0.340 e. The lowest BCUT2D eigenvalue weighted by molar-refractivity contribution is -0.119. The third-order valence-electron chi connectivity index (χ3n) is 3.77. The molecule has 6 nitrogen and oxygen atoms in total. The van der Waals surface area contributed by atoms with Crippen molar-refractivity contribution < 1.29 is 23.9 Å². The number of hydrogen-bond donors (Lipinski definition) is 1.